The lowest BCUT2D eigenvalue weighted by molar-refractivity contribution is -0.135. The second-order valence-electron chi connectivity index (χ2n) is 4.29. The highest BCUT2D eigenvalue weighted by atomic mass is 19.4. The van der Waals surface area contributed by atoms with Crippen LogP contribution in [0.15, 0.2) is 30.5 Å². The smallest absolute Gasteiger partial charge is 0.347 e. The van der Waals surface area contributed by atoms with Gasteiger partial charge < -0.3 is 10.3 Å². The number of aryl methyl sites for hydroxylation is 1. The quantitative estimate of drug-likeness (QED) is 0.892. The lowest BCUT2D eigenvalue weighted by Gasteiger charge is -2.10. The van der Waals surface area contributed by atoms with Crippen molar-refractivity contribution in [3.8, 4) is 0 Å². The number of para-hydroxylation sites is 1. The number of nitrogens with two attached hydrogens (primary N) is 1. The molecule has 0 fully saturated rings. The molecule has 2 aromatic rings. The third-order valence-corrected chi connectivity index (χ3v) is 2.95. The Morgan fingerprint density at radius 3 is 2.61 bits per heavy atom. The predicted molar refractivity (Wildman–Crippen MR) is 65.1 cm³/mol. The van der Waals surface area contributed by atoms with Crippen molar-refractivity contribution in [1.29, 1.82) is 0 Å². The number of hydrogen-bond acceptors (Lipinski definition) is 1. The Morgan fingerprint density at radius 1 is 1.17 bits per heavy atom. The molecule has 5 heteroatoms. The molecule has 2 N–H and O–H groups in total. The normalized spacial score (nSPS) is 12.2. The molecule has 0 saturated heterocycles. The van der Waals surface area contributed by atoms with Crippen LogP contribution in [0, 0.1) is 0 Å². The van der Waals surface area contributed by atoms with Crippen molar-refractivity contribution in [1.82, 2.24) is 4.57 Å². The van der Waals surface area contributed by atoms with Crippen LogP contribution >= 0.6 is 0 Å². The molecule has 0 saturated carbocycles. The van der Waals surface area contributed by atoms with E-state index in [4.69, 9.17) is 5.73 Å². The van der Waals surface area contributed by atoms with Gasteiger partial charge in [-0.3, -0.25) is 0 Å². The lowest BCUT2D eigenvalue weighted by Crippen LogP contribution is -2.09. The number of hydrogen-bond donors (Lipinski definition) is 1. The van der Waals surface area contributed by atoms with Crippen LogP contribution < -0.4 is 5.73 Å². The van der Waals surface area contributed by atoms with Crippen molar-refractivity contribution >= 4 is 10.9 Å². The van der Waals surface area contributed by atoms with Gasteiger partial charge in [0.15, 0.2) is 0 Å². The highest BCUT2D eigenvalue weighted by Gasteiger charge is 2.26. The fourth-order valence-electron chi connectivity index (χ4n) is 2.14. The zero-order valence-corrected chi connectivity index (χ0v) is 9.87. The van der Waals surface area contributed by atoms with E-state index in [1.807, 2.05) is 35.0 Å². The van der Waals surface area contributed by atoms with E-state index in [0.717, 1.165) is 16.5 Å². The molecule has 2 nitrogen and oxygen atoms in total. The summed E-state index contributed by atoms with van der Waals surface area (Å²) in [5, 5.41) is 1.02. The molecule has 0 aliphatic carbocycles. The van der Waals surface area contributed by atoms with Crippen LogP contribution in [0.2, 0.25) is 0 Å². The van der Waals surface area contributed by atoms with Gasteiger partial charge in [0.2, 0.25) is 0 Å². The SMILES string of the molecule is NCc1cccc2ccn(CCCC(F)(F)F)c12. The van der Waals surface area contributed by atoms with E-state index in [0.29, 0.717) is 13.1 Å². The molecule has 0 atom stereocenters. The Hall–Kier alpha value is -1.49. The van der Waals surface area contributed by atoms with Crippen molar-refractivity contribution in [2.75, 3.05) is 0 Å². The third-order valence-electron chi connectivity index (χ3n) is 2.95. The van der Waals surface area contributed by atoms with Gasteiger partial charge in [-0.05, 0) is 23.4 Å². The molecule has 0 aliphatic rings. The van der Waals surface area contributed by atoms with Gasteiger partial charge in [0.05, 0.1) is 5.52 Å². The molecule has 0 amide bonds. The highest BCUT2D eigenvalue weighted by molar-refractivity contribution is 5.83. The average molecular weight is 256 g/mol. The zero-order chi connectivity index (χ0) is 13.2. The number of rotatable bonds is 4. The number of halogens is 3. The van der Waals surface area contributed by atoms with E-state index in [2.05, 4.69) is 0 Å². The number of fused-ring (bicyclic) bond motifs is 1. The van der Waals surface area contributed by atoms with Crippen LogP contribution in [0.25, 0.3) is 10.9 Å². The maximum Gasteiger partial charge on any atom is 0.389 e. The van der Waals surface area contributed by atoms with Crippen LogP contribution in [0.3, 0.4) is 0 Å². The standard InChI is InChI=1S/C13H15F3N2/c14-13(15,16)6-2-7-18-8-5-10-3-1-4-11(9-17)12(10)18/h1,3-5,8H,2,6-7,9,17H2. The second kappa shape index (κ2) is 5.02. The second-order valence-corrected chi connectivity index (χ2v) is 4.29. The predicted octanol–water partition coefficient (Wildman–Crippen LogP) is 3.44. The summed E-state index contributed by atoms with van der Waals surface area (Å²) in [5.74, 6) is 0. The van der Waals surface area contributed by atoms with E-state index in [9.17, 15) is 13.2 Å². The monoisotopic (exact) mass is 256 g/mol. The molecule has 1 heterocycles. The molecule has 0 spiro atoms. The van der Waals surface area contributed by atoms with E-state index < -0.39 is 12.6 Å². The molecule has 18 heavy (non-hydrogen) atoms. The summed E-state index contributed by atoms with van der Waals surface area (Å²) in [6.45, 7) is 0.751. The molecular formula is C13H15F3N2. The molecule has 0 radical (unpaired) electrons. The minimum Gasteiger partial charge on any atom is -0.347 e. The van der Waals surface area contributed by atoms with Gasteiger partial charge in [-0.25, -0.2) is 0 Å². The zero-order valence-electron chi connectivity index (χ0n) is 9.87. The van der Waals surface area contributed by atoms with Gasteiger partial charge in [-0.1, -0.05) is 18.2 Å². The summed E-state index contributed by atoms with van der Waals surface area (Å²) in [5.41, 5.74) is 7.56. The fourth-order valence-corrected chi connectivity index (χ4v) is 2.14. The average Bonchev–Trinajstić information content (AvgIpc) is 2.71. The van der Waals surface area contributed by atoms with Crippen molar-refractivity contribution in [3.63, 3.8) is 0 Å². The van der Waals surface area contributed by atoms with Crippen LogP contribution in [0.5, 0.6) is 0 Å². The summed E-state index contributed by atoms with van der Waals surface area (Å²) in [6.07, 6.45) is -2.93. The largest absolute Gasteiger partial charge is 0.389 e. The first kappa shape index (κ1) is 13.0. The Balaban J connectivity index is 2.18. The summed E-state index contributed by atoms with van der Waals surface area (Å²) < 4.78 is 38.2. The summed E-state index contributed by atoms with van der Waals surface area (Å²) in [6, 6.07) is 7.66. The molecule has 1 aromatic carbocycles. The lowest BCUT2D eigenvalue weighted by atomic mass is 10.1. The minimum absolute atomic E-state index is 0.0895. The molecule has 1 aromatic heterocycles. The van der Waals surface area contributed by atoms with Crippen LogP contribution in [0.4, 0.5) is 13.2 Å². The molecule has 0 unspecified atom stereocenters. The molecular weight excluding hydrogens is 241 g/mol. The maximum absolute atomic E-state index is 12.1. The van der Waals surface area contributed by atoms with Crippen LogP contribution in [-0.2, 0) is 13.1 Å². The van der Waals surface area contributed by atoms with Gasteiger partial charge in [0, 0.05) is 25.7 Å². The van der Waals surface area contributed by atoms with E-state index in [-0.39, 0.29) is 6.42 Å². The number of alkyl halides is 3. The molecule has 0 aliphatic heterocycles. The van der Waals surface area contributed by atoms with Crippen molar-refractivity contribution < 1.29 is 13.2 Å². The van der Waals surface area contributed by atoms with Crippen LogP contribution in [0.1, 0.15) is 18.4 Å². The van der Waals surface area contributed by atoms with Gasteiger partial charge in [-0.2, -0.15) is 13.2 Å². The van der Waals surface area contributed by atoms with Crippen LogP contribution in [-0.4, -0.2) is 10.7 Å². The molecule has 0 bridgehead atoms. The summed E-state index contributed by atoms with van der Waals surface area (Å²) in [4.78, 5) is 0. The third kappa shape index (κ3) is 2.85. The van der Waals surface area contributed by atoms with E-state index >= 15 is 0 Å². The fraction of sp³-hybridized carbons (Fsp3) is 0.385. The topological polar surface area (TPSA) is 30.9 Å². The maximum atomic E-state index is 12.1. The Labute approximate surface area is 103 Å². The van der Waals surface area contributed by atoms with E-state index in [1.54, 1.807) is 0 Å². The number of aromatic nitrogens is 1. The summed E-state index contributed by atoms with van der Waals surface area (Å²) in [7, 11) is 0. The minimum atomic E-state index is -4.08. The van der Waals surface area contributed by atoms with Crippen molar-refractivity contribution in [2.24, 2.45) is 5.73 Å². The van der Waals surface area contributed by atoms with Gasteiger partial charge in [0.1, 0.15) is 0 Å². The number of benzene rings is 1. The Morgan fingerprint density at radius 2 is 1.94 bits per heavy atom. The molecule has 2 rings (SSSR count). The Bertz CT molecular complexity index is 529. The van der Waals surface area contributed by atoms with Gasteiger partial charge >= 0.3 is 6.18 Å². The van der Waals surface area contributed by atoms with Crippen molar-refractivity contribution in [2.45, 2.75) is 32.1 Å². The van der Waals surface area contributed by atoms with Gasteiger partial charge in [0.25, 0.3) is 0 Å². The number of nitrogens with zero attached hydrogens (tertiary/aromatic N) is 1. The van der Waals surface area contributed by atoms with Crippen molar-refractivity contribution in [3.05, 3.63) is 36.0 Å². The Kier molecular flexibility index (Phi) is 3.61. The first-order chi connectivity index (χ1) is 8.51. The first-order valence-corrected chi connectivity index (χ1v) is 5.85. The first-order valence-electron chi connectivity index (χ1n) is 5.85. The van der Waals surface area contributed by atoms with E-state index in [1.165, 1.54) is 0 Å². The summed E-state index contributed by atoms with van der Waals surface area (Å²) >= 11 is 0. The van der Waals surface area contributed by atoms with Gasteiger partial charge in [-0.15, -0.1) is 0 Å². The molecule has 98 valence electrons. The highest BCUT2D eigenvalue weighted by Crippen LogP contribution is 2.24.